The number of thiophene rings is 1. The first-order valence-corrected chi connectivity index (χ1v) is 12.7. The van der Waals surface area contributed by atoms with E-state index in [1.54, 1.807) is 12.1 Å². The van der Waals surface area contributed by atoms with Crippen LogP contribution in [0.3, 0.4) is 0 Å². The summed E-state index contributed by atoms with van der Waals surface area (Å²) in [5, 5.41) is 4.92. The fourth-order valence-corrected chi connectivity index (χ4v) is 5.98. The van der Waals surface area contributed by atoms with Gasteiger partial charge in [-0.05, 0) is 47.3 Å². The maximum absolute atomic E-state index is 14.0. The molecule has 0 amide bonds. The third-order valence-corrected chi connectivity index (χ3v) is 8.05. The number of hydrogen-bond donors (Lipinski definition) is 1. The Morgan fingerprint density at radius 1 is 1.03 bits per heavy atom. The minimum Gasteiger partial charge on any atom is -1.00 e. The number of ketones is 1. The zero-order chi connectivity index (χ0) is 24.4. The predicted molar refractivity (Wildman–Crippen MR) is 130 cm³/mol. The minimum atomic E-state index is -0.996. The second-order valence-electron chi connectivity index (χ2n) is 9.49. The van der Waals surface area contributed by atoms with Crippen LogP contribution in [-0.4, -0.2) is 48.5 Å². The van der Waals surface area contributed by atoms with Crippen LogP contribution in [0.5, 0.6) is 0 Å². The average Bonchev–Trinajstić information content (AvgIpc) is 3.38. The SMILES string of the molecule is O=C(C[N+]12CCC(CC1)[C@@H](OC(=O)[C@H](Nc1cccc(F)c1)c1cccc(F)c1)C2)c1cccs1.[Cl-]. The van der Waals surface area contributed by atoms with Gasteiger partial charge in [0.25, 0.3) is 0 Å². The summed E-state index contributed by atoms with van der Waals surface area (Å²) < 4.78 is 34.4. The molecular formula is C27H27ClF2N2O3S. The molecular weight excluding hydrogens is 506 g/mol. The van der Waals surface area contributed by atoms with E-state index in [2.05, 4.69) is 5.32 Å². The van der Waals surface area contributed by atoms with Crippen molar-refractivity contribution in [3.63, 3.8) is 0 Å². The molecule has 0 spiro atoms. The van der Waals surface area contributed by atoms with Crippen LogP contribution in [0, 0.1) is 17.6 Å². The van der Waals surface area contributed by atoms with Gasteiger partial charge in [-0.15, -0.1) is 11.3 Å². The lowest BCUT2D eigenvalue weighted by Gasteiger charge is -2.51. The molecule has 6 rings (SSSR count). The quantitative estimate of drug-likeness (QED) is 0.275. The molecule has 2 atom stereocenters. The lowest BCUT2D eigenvalue weighted by molar-refractivity contribution is -0.938. The first-order valence-electron chi connectivity index (χ1n) is 11.8. The van der Waals surface area contributed by atoms with Gasteiger partial charge in [-0.3, -0.25) is 4.79 Å². The van der Waals surface area contributed by atoms with E-state index in [1.807, 2.05) is 17.5 Å². The molecule has 3 aromatic rings. The van der Waals surface area contributed by atoms with Crippen LogP contribution >= 0.6 is 11.3 Å². The molecule has 3 saturated heterocycles. The summed E-state index contributed by atoms with van der Waals surface area (Å²) >= 11 is 1.45. The first-order chi connectivity index (χ1) is 16.9. The Morgan fingerprint density at radius 2 is 1.75 bits per heavy atom. The lowest BCUT2D eigenvalue weighted by Crippen LogP contribution is -3.00. The van der Waals surface area contributed by atoms with Crippen LogP contribution in [0.4, 0.5) is 14.5 Å². The first kappa shape index (κ1) is 26.3. The summed E-state index contributed by atoms with van der Waals surface area (Å²) in [6, 6.07) is 14.3. The number of fused-ring (bicyclic) bond motifs is 3. The van der Waals surface area contributed by atoms with Crippen LogP contribution in [-0.2, 0) is 9.53 Å². The molecule has 5 nitrogen and oxygen atoms in total. The minimum absolute atomic E-state index is 0. The summed E-state index contributed by atoms with van der Waals surface area (Å²) in [6.07, 6.45) is 1.45. The maximum atomic E-state index is 14.0. The zero-order valence-corrected chi connectivity index (χ0v) is 21.1. The molecule has 1 aromatic heterocycles. The number of benzene rings is 2. The Bertz CT molecular complexity index is 1220. The molecule has 0 radical (unpaired) electrons. The van der Waals surface area contributed by atoms with E-state index >= 15 is 0 Å². The van der Waals surface area contributed by atoms with Crippen molar-refractivity contribution >= 4 is 28.8 Å². The number of quaternary nitrogens is 1. The number of piperidine rings is 3. The molecule has 3 fully saturated rings. The summed E-state index contributed by atoms with van der Waals surface area (Å²) in [6.45, 7) is 2.77. The second kappa shape index (κ2) is 11.1. The number of carbonyl (C=O) groups excluding carboxylic acids is 2. The van der Waals surface area contributed by atoms with Gasteiger partial charge in [0.1, 0.15) is 24.7 Å². The molecule has 3 aliphatic rings. The molecule has 36 heavy (non-hydrogen) atoms. The van der Waals surface area contributed by atoms with Gasteiger partial charge >= 0.3 is 5.97 Å². The van der Waals surface area contributed by atoms with Gasteiger partial charge in [-0.1, -0.05) is 24.3 Å². The maximum Gasteiger partial charge on any atom is 0.333 e. The van der Waals surface area contributed by atoms with Gasteiger partial charge in [0.2, 0.25) is 5.78 Å². The Balaban J connectivity index is 0.00000304. The number of carbonyl (C=O) groups is 2. The number of Topliss-reactive ketones (excluding diaryl/α,β-unsaturated/α-hetero) is 1. The Labute approximate surface area is 219 Å². The molecule has 190 valence electrons. The van der Waals surface area contributed by atoms with E-state index < -0.39 is 23.6 Å². The van der Waals surface area contributed by atoms with Gasteiger partial charge in [0.15, 0.2) is 12.1 Å². The van der Waals surface area contributed by atoms with Gasteiger partial charge in [-0.25, -0.2) is 13.6 Å². The highest BCUT2D eigenvalue weighted by atomic mass is 35.5. The fourth-order valence-electron chi connectivity index (χ4n) is 5.32. The third kappa shape index (κ3) is 5.77. The lowest BCUT2D eigenvalue weighted by atomic mass is 9.83. The van der Waals surface area contributed by atoms with Crippen LogP contribution in [0.15, 0.2) is 66.0 Å². The number of anilines is 1. The summed E-state index contributed by atoms with van der Waals surface area (Å²) in [4.78, 5) is 27.0. The second-order valence-corrected chi connectivity index (χ2v) is 10.4. The van der Waals surface area contributed by atoms with E-state index in [-0.39, 0.29) is 30.2 Å². The van der Waals surface area contributed by atoms with Gasteiger partial charge < -0.3 is 26.9 Å². The van der Waals surface area contributed by atoms with E-state index in [0.717, 1.165) is 30.8 Å². The van der Waals surface area contributed by atoms with Crippen molar-refractivity contribution in [3.8, 4) is 0 Å². The standard InChI is InChI=1S/C27H27F2N2O3S.ClH/c28-20-5-1-4-19(14-20)26(30-22-7-2-6-21(29)15-22)27(33)34-24-17-31(11-9-18(24)10-12-31)16-23(32)25-8-3-13-35-25;/h1-8,13-15,18,24,26,30H,9-12,16-17H2;1H/q+1;/p-1/t18?,24-,26+,31?;/m0./s1. The number of nitrogens with one attached hydrogen (secondary N) is 1. The highest BCUT2D eigenvalue weighted by Crippen LogP contribution is 2.37. The van der Waals surface area contributed by atoms with Crippen molar-refractivity contribution in [2.24, 2.45) is 5.92 Å². The van der Waals surface area contributed by atoms with Crippen LogP contribution < -0.4 is 17.7 Å². The highest BCUT2D eigenvalue weighted by molar-refractivity contribution is 7.12. The Hall–Kier alpha value is -2.81. The van der Waals surface area contributed by atoms with Crippen molar-refractivity contribution in [3.05, 3.63) is 88.1 Å². The summed E-state index contributed by atoms with van der Waals surface area (Å²) in [5.41, 5.74) is 0.799. The van der Waals surface area contributed by atoms with Gasteiger partial charge in [0.05, 0.1) is 18.0 Å². The van der Waals surface area contributed by atoms with E-state index in [1.165, 1.54) is 47.7 Å². The smallest absolute Gasteiger partial charge is 0.333 e. The van der Waals surface area contributed by atoms with Crippen molar-refractivity contribution in [2.45, 2.75) is 25.0 Å². The number of esters is 1. The van der Waals surface area contributed by atoms with Crippen molar-refractivity contribution in [1.29, 1.82) is 0 Å². The Morgan fingerprint density at radius 3 is 2.42 bits per heavy atom. The van der Waals surface area contributed by atoms with Crippen molar-refractivity contribution in [1.82, 2.24) is 0 Å². The molecule has 2 aromatic carbocycles. The number of ether oxygens (including phenoxy) is 1. The van der Waals surface area contributed by atoms with Crippen LogP contribution in [0.25, 0.3) is 0 Å². The molecule has 0 unspecified atom stereocenters. The molecule has 0 saturated carbocycles. The molecule has 9 heteroatoms. The molecule has 0 aliphatic carbocycles. The number of hydrogen-bond acceptors (Lipinski definition) is 5. The third-order valence-electron chi connectivity index (χ3n) is 7.14. The van der Waals surface area contributed by atoms with Crippen LogP contribution in [0.1, 0.15) is 34.1 Å². The van der Waals surface area contributed by atoms with Crippen molar-refractivity contribution < 1.29 is 40.0 Å². The normalized spacial score (nSPS) is 23.4. The average molecular weight is 533 g/mol. The van der Waals surface area contributed by atoms with Gasteiger partial charge in [-0.2, -0.15) is 0 Å². The molecule has 2 bridgehead atoms. The summed E-state index contributed by atoms with van der Waals surface area (Å²) in [7, 11) is 0. The number of nitrogens with zero attached hydrogens (tertiary/aromatic N) is 1. The van der Waals surface area contributed by atoms with Crippen LogP contribution in [0.2, 0.25) is 0 Å². The van der Waals surface area contributed by atoms with Crippen molar-refractivity contribution in [2.75, 3.05) is 31.5 Å². The monoisotopic (exact) mass is 532 g/mol. The molecule has 3 aliphatic heterocycles. The zero-order valence-electron chi connectivity index (χ0n) is 19.5. The highest BCUT2D eigenvalue weighted by Gasteiger charge is 2.49. The number of halogens is 3. The molecule has 1 N–H and O–H groups in total. The largest absolute Gasteiger partial charge is 1.00 e. The van der Waals surface area contributed by atoms with E-state index in [0.29, 0.717) is 28.8 Å². The summed E-state index contributed by atoms with van der Waals surface area (Å²) in [5.74, 6) is -1.10. The number of rotatable bonds is 8. The fraction of sp³-hybridized carbons (Fsp3) is 0.333. The topological polar surface area (TPSA) is 55.4 Å². The van der Waals surface area contributed by atoms with Gasteiger partial charge in [0, 0.05) is 24.4 Å². The molecule has 4 heterocycles. The van der Waals surface area contributed by atoms with E-state index in [9.17, 15) is 18.4 Å². The Kier molecular flexibility index (Phi) is 8.07. The predicted octanol–water partition coefficient (Wildman–Crippen LogP) is 2.22. The van der Waals surface area contributed by atoms with E-state index in [4.69, 9.17) is 4.74 Å².